The third-order valence-corrected chi connectivity index (χ3v) is 11.4. The average molecular weight is 922 g/mol. The summed E-state index contributed by atoms with van der Waals surface area (Å²) in [5.74, 6) is -1.74. The number of ether oxygens (including phenoxy) is 6. The number of hydrogen-bond donors (Lipinski definition) is 3. The number of aryl methyl sites for hydroxylation is 1. The Bertz CT molecular complexity index is 2480. The molecular formula is C43H49FN7O13P. The van der Waals surface area contributed by atoms with Crippen LogP contribution >= 0.6 is 7.75 Å². The number of aromatic nitrogens is 4. The van der Waals surface area contributed by atoms with Gasteiger partial charge in [0, 0.05) is 6.42 Å². The monoisotopic (exact) mass is 921 g/mol. The molecule has 22 heteroatoms. The summed E-state index contributed by atoms with van der Waals surface area (Å²) in [6.07, 6.45) is -6.06. The summed E-state index contributed by atoms with van der Waals surface area (Å²) in [7, 11) is -4.69. The number of benzene rings is 3. The van der Waals surface area contributed by atoms with Crippen molar-refractivity contribution in [1.29, 1.82) is 0 Å². The Hall–Kier alpha value is -6.67. The second kappa shape index (κ2) is 21.8. The largest absolute Gasteiger partial charge is 0.509 e. The van der Waals surface area contributed by atoms with E-state index in [4.69, 9.17) is 43.2 Å². The molecule has 2 aromatic heterocycles. The highest BCUT2D eigenvalue weighted by Gasteiger charge is 2.59. The lowest BCUT2D eigenvalue weighted by atomic mass is 9.98. The molecule has 6 rings (SSSR count). The van der Waals surface area contributed by atoms with Gasteiger partial charge in [-0.25, -0.2) is 23.5 Å². The number of halogens is 1. The van der Waals surface area contributed by atoms with Gasteiger partial charge < -0.3 is 38.7 Å². The maximum absolute atomic E-state index is 17.6. The predicted octanol–water partition coefficient (Wildman–Crippen LogP) is 6.75. The molecule has 3 aromatic carbocycles. The number of nitrogen functional groups attached to an aromatic ring is 1. The van der Waals surface area contributed by atoms with Crippen molar-refractivity contribution in [1.82, 2.24) is 24.6 Å². The Kier molecular flexibility index (Phi) is 16.0. The van der Waals surface area contributed by atoms with Gasteiger partial charge in [-0.3, -0.25) is 24.0 Å². The van der Waals surface area contributed by atoms with Crippen molar-refractivity contribution >= 4 is 54.9 Å². The lowest BCUT2D eigenvalue weighted by Gasteiger charge is -2.28. The maximum Gasteiger partial charge on any atom is 0.509 e. The van der Waals surface area contributed by atoms with E-state index >= 15 is 4.39 Å². The van der Waals surface area contributed by atoms with Gasteiger partial charge in [0.15, 0.2) is 35.0 Å². The van der Waals surface area contributed by atoms with E-state index in [1.807, 2.05) is 6.07 Å². The molecular weight excluding hydrogens is 872 g/mol. The van der Waals surface area contributed by atoms with E-state index in [0.29, 0.717) is 11.1 Å². The lowest BCUT2D eigenvalue weighted by Crippen LogP contribution is -2.44. The molecule has 1 saturated heterocycles. The third-order valence-electron chi connectivity index (χ3n) is 9.72. The molecule has 1 aliphatic rings. The Morgan fingerprint density at radius 2 is 1.55 bits per heavy atom. The molecule has 2 unspecified atom stereocenters. The van der Waals surface area contributed by atoms with Crippen LogP contribution in [0.5, 0.6) is 5.75 Å². The standard InChI is InChI=1S/C43H49FN7O13P/c1-5-57-33(52)22-21-30-19-13-14-20-31(30)64-65(56,50-27(3)38(53)58-6-2)61-25-32-35(63-42(55)60-24-29-17-11-8-12-18-29)43(4,44)39(62-32)51-26-46-34-36(47-40(45)49-37(34)51)48-41(54)59-23-28-15-9-7-10-16-28/h7-20,26-27,32,35,39H,5-6,21-25H2,1-4H3,(H,50,56)(H3,45,47,48,49,54)/t27?,32-,35-,39-,43-,65?/m1/s1. The highest BCUT2D eigenvalue weighted by Crippen LogP contribution is 2.49. The van der Waals surface area contributed by atoms with E-state index in [1.165, 1.54) is 13.0 Å². The molecule has 0 saturated carbocycles. The minimum Gasteiger partial charge on any atom is -0.466 e. The van der Waals surface area contributed by atoms with Crippen molar-refractivity contribution in [2.24, 2.45) is 0 Å². The summed E-state index contributed by atoms with van der Waals surface area (Å²) in [5, 5.41) is 5.05. The number of imidazole rings is 1. The number of nitrogens with zero attached hydrogens (tertiary/aromatic N) is 4. The molecule has 0 aliphatic carbocycles. The number of hydrogen-bond acceptors (Lipinski definition) is 17. The zero-order chi connectivity index (χ0) is 46.6. The zero-order valence-corrected chi connectivity index (χ0v) is 36.8. The SMILES string of the molecule is CCOC(=O)CCc1ccccc1OP(=O)(NC(C)C(=O)OCC)OC[C@H]1O[C@@H](n2cnc3c(NC(=O)OCc4ccccc4)nc(N)nc32)[C@](C)(F)[C@@H]1OC(=O)OCc1ccccc1. The highest BCUT2D eigenvalue weighted by atomic mass is 31.2. The molecule has 1 fully saturated rings. The van der Waals surface area contributed by atoms with Gasteiger partial charge in [0.25, 0.3) is 0 Å². The van der Waals surface area contributed by atoms with Crippen LogP contribution in [-0.4, -0.2) is 87.4 Å². The van der Waals surface area contributed by atoms with Gasteiger partial charge >= 0.3 is 31.9 Å². The Balaban J connectivity index is 1.29. The van der Waals surface area contributed by atoms with Crippen LogP contribution in [0.2, 0.25) is 0 Å². The Morgan fingerprint density at radius 3 is 2.23 bits per heavy atom. The van der Waals surface area contributed by atoms with Crippen LogP contribution in [0, 0.1) is 0 Å². The maximum atomic E-state index is 17.6. The van der Waals surface area contributed by atoms with Crippen LogP contribution in [0.1, 0.15) is 57.0 Å². The van der Waals surface area contributed by atoms with Gasteiger partial charge in [0.1, 0.15) is 31.1 Å². The number of nitrogens with one attached hydrogen (secondary N) is 2. The number of esters is 2. The zero-order valence-electron chi connectivity index (χ0n) is 35.9. The van der Waals surface area contributed by atoms with Crippen LogP contribution < -0.4 is 20.7 Å². The van der Waals surface area contributed by atoms with Crippen molar-refractivity contribution in [3.05, 3.63) is 108 Å². The number of alkyl halides is 1. The van der Waals surface area contributed by atoms with E-state index in [-0.39, 0.29) is 67.9 Å². The summed E-state index contributed by atoms with van der Waals surface area (Å²) in [6.45, 7) is 4.83. The minimum atomic E-state index is -4.69. The van der Waals surface area contributed by atoms with Crippen LogP contribution in [0.15, 0.2) is 91.3 Å². The van der Waals surface area contributed by atoms with Gasteiger partial charge in [-0.05, 0) is 56.9 Å². The molecule has 6 atom stereocenters. The van der Waals surface area contributed by atoms with Gasteiger partial charge in [0.05, 0.1) is 26.1 Å². The van der Waals surface area contributed by atoms with Crippen molar-refractivity contribution in [2.75, 3.05) is 30.9 Å². The summed E-state index contributed by atoms with van der Waals surface area (Å²) < 4.78 is 78.0. The van der Waals surface area contributed by atoms with Gasteiger partial charge in [0.2, 0.25) is 5.95 Å². The molecule has 1 aliphatic heterocycles. The normalized spacial score (nSPS) is 19.4. The molecule has 0 radical (unpaired) electrons. The summed E-state index contributed by atoms with van der Waals surface area (Å²) >= 11 is 0. The molecule has 0 bridgehead atoms. The average Bonchev–Trinajstić information content (AvgIpc) is 3.81. The van der Waals surface area contributed by atoms with Crippen LogP contribution in [-0.2, 0) is 66.7 Å². The molecule has 3 heterocycles. The minimum absolute atomic E-state index is 0.00867. The molecule has 65 heavy (non-hydrogen) atoms. The first kappa shape index (κ1) is 47.8. The number of rotatable bonds is 20. The first-order valence-corrected chi connectivity index (χ1v) is 22.1. The second-order valence-corrected chi connectivity index (χ2v) is 16.3. The topological polar surface area (TPSA) is 253 Å². The molecule has 20 nitrogen and oxygen atoms in total. The number of fused-ring (bicyclic) bond motifs is 1. The van der Waals surface area contributed by atoms with Crippen molar-refractivity contribution in [3.63, 3.8) is 0 Å². The van der Waals surface area contributed by atoms with Crippen LogP contribution in [0.3, 0.4) is 0 Å². The molecule has 4 N–H and O–H groups in total. The Labute approximate surface area is 372 Å². The molecule has 0 spiro atoms. The molecule has 5 aromatic rings. The number of amides is 1. The van der Waals surface area contributed by atoms with E-state index < -0.39 is 68.7 Å². The number of nitrogens with two attached hydrogens (primary N) is 1. The van der Waals surface area contributed by atoms with E-state index in [1.54, 1.807) is 86.6 Å². The summed E-state index contributed by atoms with van der Waals surface area (Å²) in [4.78, 5) is 63.7. The summed E-state index contributed by atoms with van der Waals surface area (Å²) in [6, 6.07) is 22.7. The van der Waals surface area contributed by atoms with Gasteiger partial charge in [-0.1, -0.05) is 78.9 Å². The summed E-state index contributed by atoms with van der Waals surface area (Å²) in [5.41, 5.74) is 5.04. The third kappa shape index (κ3) is 12.5. The fourth-order valence-corrected chi connectivity index (χ4v) is 8.19. The fourth-order valence-electron chi connectivity index (χ4n) is 6.65. The first-order valence-electron chi connectivity index (χ1n) is 20.5. The number of carbonyl (C=O) groups is 4. The highest BCUT2D eigenvalue weighted by molar-refractivity contribution is 7.52. The number of para-hydroxylation sites is 1. The quantitative estimate of drug-likeness (QED) is 0.0415. The fraction of sp³-hybridized carbons (Fsp3) is 0.372. The van der Waals surface area contributed by atoms with E-state index in [2.05, 4.69) is 25.4 Å². The molecule has 346 valence electrons. The van der Waals surface area contributed by atoms with E-state index in [0.717, 1.165) is 23.4 Å². The number of carbonyl (C=O) groups excluding carboxylic acids is 4. The van der Waals surface area contributed by atoms with E-state index in [9.17, 15) is 23.7 Å². The van der Waals surface area contributed by atoms with Crippen molar-refractivity contribution < 1.29 is 65.6 Å². The van der Waals surface area contributed by atoms with Crippen molar-refractivity contribution in [2.45, 2.75) is 83.9 Å². The number of anilines is 2. The lowest BCUT2D eigenvalue weighted by molar-refractivity contribution is -0.145. The second-order valence-electron chi connectivity index (χ2n) is 14.6. The van der Waals surface area contributed by atoms with Gasteiger partial charge in [-0.2, -0.15) is 15.1 Å². The predicted molar refractivity (Wildman–Crippen MR) is 230 cm³/mol. The van der Waals surface area contributed by atoms with Gasteiger partial charge in [-0.15, -0.1) is 0 Å². The van der Waals surface area contributed by atoms with Crippen molar-refractivity contribution in [3.8, 4) is 5.75 Å². The molecule has 1 amide bonds. The van der Waals surface area contributed by atoms with Crippen LogP contribution in [0.4, 0.5) is 25.7 Å². The van der Waals surface area contributed by atoms with Crippen LogP contribution in [0.25, 0.3) is 11.2 Å². The Morgan fingerprint density at radius 1 is 0.908 bits per heavy atom. The smallest absolute Gasteiger partial charge is 0.466 e. The first-order chi connectivity index (χ1) is 31.2.